The maximum atomic E-state index is 13.6. The number of esters is 1. The summed E-state index contributed by atoms with van der Waals surface area (Å²) in [5, 5.41) is 3.03. The standard InChI is InChI=1S/C70H127N2O7P/c1-7-10-13-16-19-22-25-28-30-32-34-36-38-40-42-44-47-50-53-56-59-62-69(73)71-67(66-78-80(75,76)77-65-64-72(4,5)6)68(61-58-55-52-49-46-27-24-21-18-15-12-9-3)79-70(74)63-60-57-54-51-48-45-43-41-39-37-35-33-31-29-26-23-20-17-14-11-8-2/h19-20,22-23,28-31,35,37,41,43,58,61,67-68H,7-18,21,24-27,32-34,36,38-40,42,44-57,59-60,62-66H2,1-6H3,(H-,71,73,75,76)/b22-19-,23-20-,30-28-,31-29-,37-35-,43-41-,61-58+. The molecule has 3 unspecified atom stereocenters. The number of hydrogen-bond acceptors (Lipinski definition) is 7. The van der Waals surface area contributed by atoms with E-state index in [1.807, 2.05) is 33.3 Å². The summed E-state index contributed by atoms with van der Waals surface area (Å²) in [4.78, 5) is 40.1. The largest absolute Gasteiger partial charge is 0.756 e. The van der Waals surface area contributed by atoms with Gasteiger partial charge in [-0.2, -0.15) is 0 Å². The first kappa shape index (κ1) is 77.2. The summed E-state index contributed by atoms with van der Waals surface area (Å²) >= 11 is 0. The number of likely N-dealkylation sites (N-methyl/N-ethyl adjacent to an activating group) is 1. The minimum Gasteiger partial charge on any atom is -0.756 e. The highest BCUT2D eigenvalue weighted by atomic mass is 31.2. The number of amides is 1. The molecular formula is C70H127N2O7P. The molecule has 3 atom stereocenters. The molecule has 0 spiro atoms. The van der Waals surface area contributed by atoms with Gasteiger partial charge in [0.2, 0.25) is 5.91 Å². The first-order valence-corrected chi connectivity index (χ1v) is 34.9. The molecule has 0 saturated heterocycles. The monoisotopic (exact) mass is 1140 g/mol. The van der Waals surface area contributed by atoms with Gasteiger partial charge in [0.1, 0.15) is 19.3 Å². The van der Waals surface area contributed by atoms with E-state index in [2.05, 4.69) is 99.0 Å². The van der Waals surface area contributed by atoms with Gasteiger partial charge in [-0.3, -0.25) is 14.2 Å². The molecule has 0 fully saturated rings. The lowest BCUT2D eigenvalue weighted by atomic mass is 10.0. The van der Waals surface area contributed by atoms with Gasteiger partial charge in [0.15, 0.2) is 0 Å². The molecule has 10 heteroatoms. The van der Waals surface area contributed by atoms with Crippen LogP contribution in [0.15, 0.2) is 85.1 Å². The number of phosphoric ester groups is 1. The molecule has 1 N–H and O–H groups in total. The Bertz CT molecular complexity index is 1640. The number of nitrogens with zero attached hydrogens (tertiary/aromatic N) is 1. The Morgan fingerprint density at radius 2 is 0.762 bits per heavy atom. The fourth-order valence-electron chi connectivity index (χ4n) is 9.36. The normalized spacial score (nSPS) is 14.1. The van der Waals surface area contributed by atoms with Crippen LogP contribution in [0.1, 0.15) is 297 Å². The summed E-state index contributed by atoms with van der Waals surface area (Å²) in [7, 11) is 1.17. The van der Waals surface area contributed by atoms with Gasteiger partial charge < -0.3 is 28.5 Å². The maximum absolute atomic E-state index is 13.6. The minimum absolute atomic E-state index is 0.0288. The number of allylic oxidation sites excluding steroid dienone is 13. The van der Waals surface area contributed by atoms with Gasteiger partial charge >= 0.3 is 5.97 Å². The van der Waals surface area contributed by atoms with Crippen molar-refractivity contribution in [1.82, 2.24) is 5.32 Å². The van der Waals surface area contributed by atoms with Crippen LogP contribution in [0, 0.1) is 0 Å². The molecule has 0 aliphatic heterocycles. The van der Waals surface area contributed by atoms with Crippen molar-refractivity contribution in [2.75, 3.05) is 40.9 Å². The van der Waals surface area contributed by atoms with Crippen molar-refractivity contribution in [1.29, 1.82) is 0 Å². The van der Waals surface area contributed by atoms with Crippen molar-refractivity contribution >= 4 is 19.7 Å². The molecule has 0 heterocycles. The number of ether oxygens (including phenoxy) is 1. The van der Waals surface area contributed by atoms with Gasteiger partial charge in [-0.25, -0.2) is 0 Å². The van der Waals surface area contributed by atoms with Crippen LogP contribution in [-0.2, 0) is 27.9 Å². The molecule has 464 valence electrons. The summed E-state index contributed by atoms with van der Waals surface area (Å²) in [6, 6.07) is -0.902. The van der Waals surface area contributed by atoms with Crippen LogP contribution in [0.2, 0.25) is 0 Å². The molecule has 80 heavy (non-hydrogen) atoms. The number of carbonyl (C=O) groups is 2. The summed E-state index contributed by atoms with van der Waals surface area (Å²) in [5.74, 6) is -0.561. The zero-order chi connectivity index (χ0) is 58.6. The zero-order valence-electron chi connectivity index (χ0n) is 53.0. The van der Waals surface area contributed by atoms with E-state index in [0.717, 1.165) is 103 Å². The summed E-state index contributed by atoms with van der Waals surface area (Å²) < 4.78 is 30.4. The number of rotatable bonds is 60. The average molecular weight is 1140 g/mol. The van der Waals surface area contributed by atoms with Gasteiger partial charge in [0.25, 0.3) is 7.82 Å². The quantitative estimate of drug-likeness (QED) is 0.0212. The van der Waals surface area contributed by atoms with Crippen molar-refractivity contribution in [3.8, 4) is 0 Å². The molecule has 0 aromatic rings. The van der Waals surface area contributed by atoms with E-state index in [4.69, 9.17) is 13.8 Å². The molecular weight excluding hydrogens is 1010 g/mol. The number of quaternary nitrogens is 1. The molecule has 0 aliphatic carbocycles. The van der Waals surface area contributed by atoms with Crippen LogP contribution in [-0.4, -0.2) is 69.4 Å². The van der Waals surface area contributed by atoms with Crippen LogP contribution in [0.25, 0.3) is 0 Å². The molecule has 0 rings (SSSR count). The SMILES string of the molecule is CCCCC/C=C\C/C=C\C/C=C\C/C=C\CCCCCCCC(=O)OC(/C=C/CCCCCCCCCCCC)C(COP(=O)([O-])OCC[N+](C)(C)C)NC(=O)CCCCCCCCCCCCC/C=C\C/C=C\CCCCC. The van der Waals surface area contributed by atoms with Crippen LogP contribution in [0.4, 0.5) is 0 Å². The smallest absolute Gasteiger partial charge is 0.306 e. The topological polar surface area (TPSA) is 114 Å². The van der Waals surface area contributed by atoms with Gasteiger partial charge in [0, 0.05) is 12.8 Å². The van der Waals surface area contributed by atoms with E-state index in [1.54, 1.807) is 0 Å². The fourth-order valence-corrected chi connectivity index (χ4v) is 10.1. The molecule has 1 amide bonds. The molecule has 0 aromatic heterocycles. The van der Waals surface area contributed by atoms with Crippen LogP contribution >= 0.6 is 7.82 Å². The summed E-state index contributed by atoms with van der Waals surface area (Å²) in [5.41, 5.74) is 0. The van der Waals surface area contributed by atoms with Crippen LogP contribution in [0.5, 0.6) is 0 Å². The predicted molar refractivity (Wildman–Crippen MR) is 344 cm³/mol. The van der Waals surface area contributed by atoms with E-state index in [-0.39, 0.29) is 24.9 Å². The van der Waals surface area contributed by atoms with E-state index in [0.29, 0.717) is 23.9 Å². The Morgan fingerprint density at radius 3 is 1.16 bits per heavy atom. The second-order valence-corrected chi connectivity index (χ2v) is 25.0. The lowest BCUT2D eigenvalue weighted by molar-refractivity contribution is -0.870. The third-order valence-corrected chi connectivity index (χ3v) is 15.5. The van der Waals surface area contributed by atoms with E-state index >= 15 is 0 Å². The van der Waals surface area contributed by atoms with Gasteiger partial charge in [0.05, 0.1) is 33.8 Å². The Labute approximate surface area is 495 Å². The Kier molecular flexibility index (Phi) is 57.3. The number of nitrogens with one attached hydrogen (secondary N) is 1. The van der Waals surface area contributed by atoms with Crippen molar-refractivity contribution in [3.05, 3.63) is 85.1 Å². The summed E-state index contributed by atoms with van der Waals surface area (Å²) in [6.45, 7) is 6.79. The molecule has 0 bridgehead atoms. The molecule has 0 saturated carbocycles. The highest BCUT2D eigenvalue weighted by Gasteiger charge is 2.27. The number of hydrogen-bond donors (Lipinski definition) is 1. The van der Waals surface area contributed by atoms with Crippen LogP contribution in [0.3, 0.4) is 0 Å². The van der Waals surface area contributed by atoms with Crippen molar-refractivity contribution in [3.63, 3.8) is 0 Å². The molecule has 0 aromatic carbocycles. The Morgan fingerprint density at radius 1 is 0.438 bits per heavy atom. The predicted octanol–water partition coefficient (Wildman–Crippen LogP) is 20.3. The van der Waals surface area contributed by atoms with E-state index in [1.165, 1.54) is 154 Å². The number of unbranched alkanes of at least 4 members (excludes halogenated alkanes) is 32. The average Bonchev–Trinajstić information content (AvgIpc) is 3.42. The zero-order valence-corrected chi connectivity index (χ0v) is 53.9. The minimum atomic E-state index is -4.71. The second kappa shape index (κ2) is 59.4. The van der Waals surface area contributed by atoms with E-state index < -0.39 is 26.6 Å². The number of phosphoric acid groups is 1. The second-order valence-electron chi connectivity index (χ2n) is 23.6. The third kappa shape index (κ3) is 59.8. The molecule has 0 aliphatic rings. The Hall–Kier alpha value is -2.81. The highest BCUT2D eigenvalue weighted by Crippen LogP contribution is 2.38. The van der Waals surface area contributed by atoms with Crippen LogP contribution < -0.4 is 10.2 Å². The third-order valence-electron chi connectivity index (χ3n) is 14.5. The summed E-state index contributed by atoms with van der Waals surface area (Å²) in [6.07, 6.45) is 78.3. The molecule has 9 nitrogen and oxygen atoms in total. The molecule has 0 radical (unpaired) electrons. The lowest BCUT2D eigenvalue weighted by Crippen LogP contribution is -2.47. The maximum Gasteiger partial charge on any atom is 0.306 e. The van der Waals surface area contributed by atoms with Gasteiger partial charge in [-0.15, -0.1) is 0 Å². The first-order chi connectivity index (χ1) is 38.9. The number of carbonyl (C=O) groups excluding carboxylic acids is 2. The lowest BCUT2D eigenvalue weighted by Gasteiger charge is -2.30. The van der Waals surface area contributed by atoms with Crippen molar-refractivity contribution in [2.45, 2.75) is 309 Å². The van der Waals surface area contributed by atoms with Crippen molar-refractivity contribution < 1.29 is 37.3 Å². The van der Waals surface area contributed by atoms with E-state index in [9.17, 15) is 19.0 Å². The van der Waals surface area contributed by atoms with Gasteiger partial charge in [-0.1, -0.05) is 260 Å². The fraction of sp³-hybridized carbons (Fsp3) is 0.771. The van der Waals surface area contributed by atoms with Gasteiger partial charge in [-0.05, 0) is 109 Å². The van der Waals surface area contributed by atoms with Crippen molar-refractivity contribution in [2.24, 2.45) is 0 Å². The Balaban J connectivity index is 5.21. The highest BCUT2D eigenvalue weighted by molar-refractivity contribution is 7.45. The first-order valence-electron chi connectivity index (χ1n) is 33.4.